The molecule has 112 valence electrons. The van der Waals surface area contributed by atoms with Crippen LogP contribution in [-0.4, -0.2) is 16.5 Å². The van der Waals surface area contributed by atoms with E-state index in [1.165, 1.54) is 23.9 Å². The van der Waals surface area contributed by atoms with Gasteiger partial charge in [0.05, 0.1) is 0 Å². The van der Waals surface area contributed by atoms with Crippen LogP contribution >= 0.6 is 11.8 Å². The van der Waals surface area contributed by atoms with Gasteiger partial charge in [0.1, 0.15) is 22.5 Å². The molecule has 0 bridgehead atoms. The largest absolute Gasteiger partial charge is 0.370 e. The van der Waals surface area contributed by atoms with Gasteiger partial charge in [-0.1, -0.05) is 24.8 Å². The molecule has 0 aliphatic carbocycles. The molecule has 0 aliphatic heterocycles. The number of aromatic nitrogens is 2. The smallest absolute Gasteiger partial charge is 0.133 e. The second kappa shape index (κ2) is 7.41. The number of rotatable bonds is 6. The van der Waals surface area contributed by atoms with Crippen LogP contribution in [0, 0.1) is 12.7 Å². The second-order valence-electron chi connectivity index (χ2n) is 4.76. The van der Waals surface area contributed by atoms with Crippen molar-refractivity contribution in [2.45, 2.75) is 43.5 Å². The summed E-state index contributed by atoms with van der Waals surface area (Å²) >= 11 is 1.48. The summed E-state index contributed by atoms with van der Waals surface area (Å²) in [5.41, 5.74) is 1.01. The van der Waals surface area contributed by atoms with Gasteiger partial charge in [-0.2, -0.15) is 0 Å². The minimum absolute atomic E-state index is 0.229. The van der Waals surface area contributed by atoms with Crippen LogP contribution in [0.15, 0.2) is 34.2 Å². The molecule has 0 atom stereocenters. The third-order valence-corrected chi connectivity index (χ3v) is 4.06. The topological polar surface area (TPSA) is 37.8 Å². The Morgan fingerprint density at radius 3 is 2.71 bits per heavy atom. The van der Waals surface area contributed by atoms with Crippen LogP contribution in [0.4, 0.5) is 10.2 Å². The van der Waals surface area contributed by atoms with E-state index >= 15 is 0 Å². The van der Waals surface area contributed by atoms with Crippen LogP contribution in [-0.2, 0) is 6.42 Å². The molecule has 5 heteroatoms. The summed E-state index contributed by atoms with van der Waals surface area (Å²) < 4.78 is 13.3. The van der Waals surface area contributed by atoms with E-state index in [9.17, 15) is 4.39 Å². The number of hydrogen-bond donors (Lipinski definition) is 1. The lowest BCUT2D eigenvalue weighted by atomic mass is 10.3. The molecule has 0 amide bonds. The van der Waals surface area contributed by atoms with Crippen molar-refractivity contribution in [1.82, 2.24) is 9.97 Å². The maximum absolute atomic E-state index is 13.3. The molecule has 0 fully saturated rings. The van der Waals surface area contributed by atoms with Crippen LogP contribution in [0.2, 0.25) is 0 Å². The highest BCUT2D eigenvalue weighted by Crippen LogP contribution is 2.31. The molecule has 1 aromatic heterocycles. The first-order valence-electron chi connectivity index (χ1n) is 7.18. The van der Waals surface area contributed by atoms with E-state index in [1.54, 1.807) is 6.07 Å². The zero-order chi connectivity index (χ0) is 15.2. The molecule has 0 radical (unpaired) electrons. The maximum Gasteiger partial charge on any atom is 0.133 e. The molecule has 0 spiro atoms. The van der Waals surface area contributed by atoms with Crippen molar-refractivity contribution in [3.05, 3.63) is 41.5 Å². The minimum atomic E-state index is -0.229. The second-order valence-corrected chi connectivity index (χ2v) is 5.82. The summed E-state index contributed by atoms with van der Waals surface area (Å²) in [5, 5.41) is 4.16. The van der Waals surface area contributed by atoms with Crippen molar-refractivity contribution in [1.29, 1.82) is 0 Å². The van der Waals surface area contributed by atoms with Gasteiger partial charge in [-0.15, -0.1) is 0 Å². The molecule has 21 heavy (non-hydrogen) atoms. The van der Waals surface area contributed by atoms with Crippen molar-refractivity contribution < 1.29 is 4.39 Å². The Balaban J connectivity index is 2.36. The number of aryl methyl sites for hydroxylation is 1. The summed E-state index contributed by atoms with van der Waals surface area (Å²) in [6.45, 7) is 6.96. The Morgan fingerprint density at radius 1 is 1.24 bits per heavy atom. The Kier molecular flexibility index (Phi) is 5.56. The van der Waals surface area contributed by atoms with E-state index in [0.29, 0.717) is 0 Å². The van der Waals surface area contributed by atoms with E-state index in [2.05, 4.69) is 22.2 Å². The highest BCUT2D eigenvalue weighted by molar-refractivity contribution is 7.99. The van der Waals surface area contributed by atoms with Crippen molar-refractivity contribution in [3.8, 4) is 0 Å². The summed E-state index contributed by atoms with van der Waals surface area (Å²) in [6.07, 6.45) is 1.84. The van der Waals surface area contributed by atoms with Gasteiger partial charge in [0.15, 0.2) is 0 Å². The number of anilines is 1. The van der Waals surface area contributed by atoms with E-state index < -0.39 is 0 Å². The molecule has 0 aliphatic rings. The molecule has 1 heterocycles. The first kappa shape index (κ1) is 15.8. The van der Waals surface area contributed by atoms with Crippen molar-refractivity contribution in [3.63, 3.8) is 0 Å². The normalized spacial score (nSPS) is 10.7. The molecule has 1 N–H and O–H groups in total. The molecular formula is C16H20FN3S. The lowest BCUT2D eigenvalue weighted by molar-refractivity contribution is 0.624. The van der Waals surface area contributed by atoms with E-state index in [0.717, 1.165) is 46.5 Å². The Bertz CT molecular complexity index is 616. The zero-order valence-electron chi connectivity index (χ0n) is 12.6. The van der Waals surface area contributed by atoms with Crippen LogP contribution in [0.3, 0.4) is 0 Å². The zero-order valence-corrected chi connectivity index (χ0v) is 13.4. The first-order chi connectivity index (χ1) is 10.1. The number of nitrogens with one attached hydrogen (secondary N) is 1. The summed E-state index contributed by atoms with van der Waals surface area (Å²) in [7, 11) is 0. The first-order valence-corrected chi connectivity index (χ1v) is 8.00. The predicted molar refractivity (Wildman–Crippen MR) is 85.5 cm³/mol. The Labute approximate surface area is 129 Å². The molecule has 0 saturated carbocycles. The highest BCUT2D eigenvalue weighted by atomic mass is 32.2. The van der Waals surface area contributed by atoms with Gasteiger partial charge in [0.2, 0.25) is 0 Å². The third-order valence-electron chi connectivity index (χ3n) is 2.98. The molecule has 3 nitrogen and oxygen atoms in total. The van der Waals surface area contributed by atoms with Gasteiger partial charge in [0.25, 0.3) is 0 Å². The van der Waals surface area contributed by atoms with Crippen LogP contribution < -0.4 is 5.32 Å². The lowest BCUT2D eigenvalue weighted by Crippen LogP contribution is -2.07. The molecular weight excluding hydrogens is 285 g/mol. The molecule has 0 unspecified atom stereocenters. The summed E-state index contributed by atoms with van der Waals surface area (Å²) in [4.78, 5) is 10.0. The average molecular weight is 305 g/mol. The lowest BCUT2D eigenvalue weighted by Gasteiger charge is -2.12. The van der Waals surface area contributed by atoms with Gasteiger partial charge in [-0.05, 0) is 38.5 Å². The Morgan fingerprint density at radius 2 is 2.05 bits per heavy atom. The number of benzene rings is 1. The fourth-order valence-corrected chi connectivity index (χ4v) is 2.90. The third kappa shape index (κ3) is 4.17. The molecule has 0 saturated heterocycles. The summed E-state index contributed by atoms with van der Waals surface area (Å²) in [6, 6.07) is 6.58. The van der Waals surface area contributed by atoms with Crippen molar-refractivity contribution in [2.24, 2.45) is 0 Å². The fourth-order valence-electron chi connectivity index (χ4n) is 1.96. The minimum Gasteiger partial charge on any atom is -0.370 e. The maximum atomic E-state index is 13.3. The number of hydrogen-bond acceptors (Lipinski definition) is 4. The van der Waals surface area contributed by atoms with Crippen LogP contribution in [0.1, 0.15) is 31.7 Å². The van der Waals surface area contributed by atoms with E-state index in [-0.39, 0.29) is 5.82 Å². The van der Waals surface area contributed by atoms with Crippen molar-refractivity contribution in [2.75, 3.05) is 11.9 Å². The Hall–Kier alpha value is -1.62. The van der Waals surface area contributed by atoms with E-state index in [1.807, 2.05) is 19.9 Å². The summed E-state index contributed by atoms with van der Waals surface area (Å²) in [5.74, 6) is 1.47. The van der Waals surface area contributed by atoms with Crippen LogP contribution in [0.5, 0.6) is 0 Å². The van der Waals surface area contributed by atoms with Gasteiger partial charge < -0.3 is 5.32 Å². The fraction of sp³-hybridized carbons (Fsp3) is 0.375. The predicted octanol–water partition coefficient (Wildman–Crippen LogP) is 4.46. The SMILES string of the molecule is CCCc1nc(NCC)c(C)c(Sc2cccc(F)c2)n1. The quantitative estimate of drug-likeness (QED) is 0.800. The van der Waals surface area contributed by atoms with Gasteiger partial charge in [-0.25, -0.2) is 14.4 Å². The molecule has 2 aromatic rings. The molecule has 1 aromatic carbocycles. The number of nitrogens with zero attached hydrogens (tertiary/aromatic N) is 2. The van der Waals surface area contributed by atoms with Gasteiger partial charge >= 0.3 is 0 Å². The van der Waals surface area contributed by atoms with Gasteiger partial charge in [-0.3, -0.25) is 0 Å². The molecule has 2 rings (SSSR count). The van der Waals surface area contributed by atoms with E-state index in [4.69, 9.17) is 0 Å². The highest BCUT2D eigenvalue weighted by Gasteiger charge is 2.12. The monoisotopic (exact) mass is 305 g/mol. The van der Waals surface area contributed by atoms with Crippen LogP contribution in [0.25, 0.3) is 0 Å². The standard InChI is InChI=1S/C16H20FN3S/c1-4-7-14-19-15(18-5-2)11(3)16(20-14)21-13-9-6-8-12(17)10-13/h6,8-10H,4-5,7H2,1-3H3,(H,18,19,20). The van der Waals surface area contributed by atoms with Gasteiger partial charge in [0, 0.05) is 23.4 Å². The average Bonchev–Trinajstić information content (AvgIpc) is 2.44. The van der Waals surface area contributed by atoms with Crippen molar-refractivity contribution >= 4 is 17.6 Å². The number of halogens is 1.